The molecule has 3 aromatic carbocycles. The summed E-state index contributed by atoms with van der Waals surface area (Å²) in [7, 11) is 0. The number of aromatic nitrogens is 4. The number of benzene rings is 3. The van der Waals surface area contributed by atoms with E-state index < -0.39 is 5.25 Å². The number of fused-ring (bicyclic) bond motifs is 3. The Morgan fingerprint density at radius 3 is 2.30 bits per heavy atom. The highest BCUT2D eigenvalue weighted by Gasteiger charge is 2.41. The molecule has 1 unspecified atom stereocenters. The van der Waals surface area contributed by atoms with Crippen molar-refractivity contribution in [3.05, 3.63) is 84.9 Å². The molecule has 33 heavy (non-hydrogen) atoms. The molecule has 5 aromatic rings. The van der Waals surface area contributed by atoms with Gasteiger partial charge in [0.2, 0.25) is 11.8 Å². The van der Waals surface area contributed by atoms with Gasteiger partial charge < -0.3 is 0 Å². The largest absolute Gasteiger partial charge is 0.274 e. The van der Waals surface area contributed by atoms with Crippen LogP contribution >= 0.6 is 11.8 Å². The summed E-state index contributed by atoms with van der Waals surface area (Å²) < 4.78 is 1.68. The number of nitrogens with zero attached hydrogens (tertiary/aromatic N) is 5. The van der Waals surface area contributed by atoms with Gasteiger partial charge in [0.25, 0.3) is 0 Å². The van der Waals surface area contributed by atoms with E-state index in [1.165, 1.54) is 16.7 Å². The lowest BCUT2D eigenvalue weighted by Crippen LogP contribution is -2.31. The zero-order chi connectivity index (χ0) is 22.4. The van der Waals surface area contributed by atoms with Gasteiger partial charge in [0.1, 0.15) is 5.25 Å². The van der Waals surface area contributed by atoms with Gasteiger partial charge in [-0.1, -0.05) is 72.4 Å². The number of anilines is 1. The van der Waals surface area contributed by atoms with Crippen LogP contribution in [0.3, 0.4) is 0 Å². The fourth-order valence-corrected chi connectivity index (χ4v) is 5.05. The van der Waals surface area contributed by atoms with Crippen LogP contribution < -0.4 is 4.90 Å². The van der Waals surface area contributed by atoms with Crippen LogP contribution in [0.25, 0.3) is 27.9 Å². The van der Waals surface area contributed by atoms with Crippen LogP contribution in [0.1, 0.15) is 6.42 Å². The van der Waals surface area contributed by atoms with E-state index in [9.17, 15) is 9.59 Å². The standard InChI is InChI=1S/C25H17N5O2S/c31-21-15-20(24(32)29(21)17-11-5-2-6-12-17)33-25-26-19-14-8-7-13-18(19)23-27-22(28-30(23)25)16-9-3-1-4-10-16/h1-14,20H,15H2. The molecule has 0 saturated carbocycles. The fourth-order valence-electron chi connectivity index (χ4n) is 3.99. The number of hydrogen-bond acceptors (Lipinski definition) is 6. The van der Waals surface area contributed by atoms with Gasteiger partial charge in [-0.2, -0.15) is 4.52 Å². The molecule has 6 rings (SSSR count). The Hall–Kier alpha value is -4.04. The van der Waals surface area contributed by atoms with Crippen LogP contribution in [0, 0.1) is 0 Å². The predicted molar refractivity (Wildman–Crippen MR) is 127 cm³/mol. The normalized spacial score (nSPS) is 16.2. The zero-order valence-electron chi connectivity index (χ0n) is 17.3. The molecule has 0 aliphatic carbocycles. The van der Waals surface area contributed by atoms with E-state index in [0.29, 0.717) is 22.3 Å². The van der Waals surface area contributed by atoms with Gasteiger partial charge in [0, 0.05) is 17.4 Å². The minimum atomic E-state index is -0.584. The lowest BCUT2D eigenvalue weighted by Gasteiger charge is -2.14. The van der Waals surface area contributed by atoms with Crippen molar-refractivity contribution in [2.45, 2.75) is 16.8 Å². The van der Waals surface area contributed by atoms with Gasteiger partial charge in [0.15, 0.2) is 16.6 Å². The maximum absolute atomic E-state index is 13.2. The number of para-hydroxylation sites is 2. The van der Waals surface area contributed by atoms with E-state index in [0.717, 1.165) is 16.5 Å². The summed E-state index contributed by atoms with van der Waals surface area (Å²) in [6.45, 7) is 0. The third-order valence-electron chi connectivity index (χ3n) is 5.55. The lowest BCUT2D eigenvalue weighted by molar-refractivity contribution is -0.121. The van der Waals surface area contributed by atoms with Crippen molar-refractivity contribution in [3.8, 4) is 11.4 Å². The Kier molecular flexibility index (Phi) is 4.66. The van der Waals surface area contributed by atoms with Crippen molar-refractivity contribution in [2.24, 2.45) is 0 Å². The van der Waals surface area contributed by atoms with E-state index in [2.05, 4.69) is 0 Å². The van der Waals surface area contributed by atoms with Crippen LogP contribution in [0.2, 0.25) is 0 Å². The molecule has 1 aliphatic heterocycles. The van der Waals surface area contributed by atoms with Gasteiger partial charge in [0.05, 0.1) is 11.2 Å². The third-order valence-corrected chi connectivity index (χ3v) is 6.68. The molecule has 0 radical (unpaired) electrons. The Bertz CT molecular complexity index is 1520. The molecule has 160 valence electrons. The molecule has 0 spiro atoms. The number of amides is 2. The van der Waals surface area contributed by atoms with E-state index >= 15 is 0 Å². The van der Waals surface area contributed by atoms with E-state index in [-0.39, 0.29) is 18.2 Å². The van der Waals surface area contributed by atoms with Gasteiger partial charge in [-0.3, -0.25) is 9.59 Å². The summed E-state index contributed by atoms with van der Waals surface area (Å²) in [5.74, 6) is 0.113. The Balaban J connectivity index is 1.43. The van der Waals surface area contributed by atoms with Crippen LogP contribution in [0.4, 0.5) is 5.69 Å². The average Bonchev–Trinajstić information content (AvgIpc) is 3.42. The van der Waals surface area contributed by atoms with Crippen molar-refractivity contribution in [1.82, 2.24) is 19.6 Å². The van der Waals surface area contributed by atoms with Crippen LogP contribution in [0.5, 0.6) is 0 Å². The maximum atomic E-state index is 13.2. The number of carbonyl (C=O) groups excluding carboxylic acids is 2. The van der Waals surface area contributed by atoms with Crippen LogP contribution in [0.15, 0.2) is 90.1 Å². The molecule has 1 atom stereocenters. The number of carbonyl (C=O) groups is 2. The zero-order valence-corrected chi connectivity index (χ0v) is 18.1. The highest BCUT2D eigenvalue weighted by Crippen LogP contribution is 2.35. The first-order chi connectivity index (χ1) is 16.2. The summed E-state index contributed by atoms with van der Waals surface area (Å²) >= 11 is 1.25. The molecule has 1 saturated heterocycles. The Labute approximate surface area is 193 Å². The molecule has 3 heterocycles. The number of imide groups is 1. The third kappa shape index (κ3) is 3.35. The predicted octanol–water partition coefficient (Wildman–Crippen LogP) is 4.37. The molecule has 1 fully saturated rings. The summed E-state index contributed by atoms with van der Waals surface area (Å²) in [5.41, 5.74) is 2.90. The molecule has 0 N–H and O–H groups in total. The summed E-state index contributed by atoms with van der Waals surface area (Å²) in [6.07, 6.45) is 0.106. The second-order valence-electron chi connectivity index (χ2n) is 7.66. The Morgan fingerprint density at radius 2 is 1.52 bits per heavy atom. The second kappa shape index (κ2) is 7.83. The quantitative estimate of drug-likeness (QED) is 0.298. The smallest absolute Gasteiger partial charge is 0.247 e. The fraction of sp³-hybridized carbons (Fsp3) is 0.0800. The average molecular weight is 452 g/mol. The number of hydrogen-bond donors (Lipinski definition) is 0. The first-order valence-corrected chi connectivity index (χ1v) is 11.4. The highest BCUT2D eigenvalue weighted by molar-refractivity contribution is 8.00. The van der Waals surface area contributed by atoms with Crippen molar-refractivity contribution in [3.63, 3.8) is 0 Å². The molecule has 2 amide bonds. The first kappa shape index (κ1) is 19.6. The maximum Gasteiger partial charge on any atom is 0.247 e. The lowest BCUT2D eigenvalue weighted by atomic mass is 10.2. The van der Waals surface area contributed by atoms with Crippen molar-refractivity contribution in [1.29, 1.82) is 0 Å². The van der Waals surface area contributed by atoms with Gasteiger partial charge in [-0.15, -0.1) is 5.10 Å². The topological polar surface area (TPSA) is 80.5 Å². The molecule has 1 aliphatic rings. The molecule has 7 nitrogen and oxygen atoms in total. The van der Waals surface area contributed by atoms with Gasteiger partial charge in [-0.25, -0.2) is 14.9 Å². The SMILES string of the molecule is O=C1CC(Sc2nc3ccccc3c3nc(-c4ccccc4)nn23)C(=O)N1c1ccccc1. The number of rotatable bonds is 4. The van der Waals surface area contributed by atoms with Gasteiger partial charge >= 0.3 is 0 Å². The molecule has 8 heteroatoms. The Morgan fingerprint density at radius 1 is 0.818 bits per heavy atom. The molecule has 2 aromatic heterocycles. The summed E-state index contributed by atoms with van der Waals surface area (Å²) in [5, 5.41) is 5.52. The summed E-state index contributed by atoms with van der Waals surface area (Å²) in [6, 6.07) is 26.4. The summed E-state index contributed by atoms with van der Waals surface area (Å²) in [4.78, 5) is 36.7. The van der Waals surface area contributed by atoms with E-state index in [4.69, 9.17) is 15.1 Å². The van der Waals surface area contributed by atoms with Crippen LogP contribution in [-0.2, 0) is 9.59 Å². The highest BCUT2D eigenvalue weighted by atomic mass is 32.2. The van der Waals surface area contributed by atoms with E-state index in [1.807, 2.05) is 72.8 Å². The number of thioether (sulfide) groups is 1. The van der Waals surface area contributed by atoms with Crippen molar-refractivity contribution < 1.29 is 9.59 Å². The molecular weight excluding hydrogens is 434 g/mol. The second-order valence-corrected chi connectivity index (χ2v) is 8.83. The van der Waals surface area contributed by atoms with Crippen molar-refractivity contribution >= 4 is 45.8 Å². The minimum Gasteiger partial charge on any atom is -0.274 e. The van der Waals surface area contributed by atoms with Crippen LogP contribution in [-0.4, -0.2) is 36.6 Å². The van der Waals surface area contributed by atoms with E-state index in [1.54, 1.807) is 16.6 Å². The monoisotopic (exact) mass is 451 g/mol. The first-order valence-electron chi connectivity index (χ1n) is 10.5. The molecular formula is C25H17N5O2S. The van der Waals surface area contributed by atoms with Gasteiger partial charge in [-0.05, 0) is 24.3 Å². The van der Waals surface area contributed by atoms with Crippen molar-refractivity contribution in [2.75, 3.05) is 4.90 Å². The molecule has 0 bridgehead atoms. The minimum absolute atomic E-state index is 0.106.